The maximum absolute atomic E-state index is 12.5. The lowest BCUT2D eigenvalue weighted by Gasteiger charge is -2.25. The molecule has 4 heteroatoms. The van der Waals surface area contributed by atoms with E-state index in [1.165, 1.54) is 16.2 Å². The Hall–Kier alpha value is -2.36. The Balaban J connectivity index is 1.69. The largest absolute Gasteiger partial charge is 0.338 e. The Bertz CT molecular complexity index is 693. The van der Waals surface area contributed by atoms with Gasteiger partial charge in [0, 0.05) is 24.8 Å². The van der Waals surface area contributed by atoms with Crippen LogP contribution in [0.5, 0.6) is 0 Å². The summed E-state index contributed by atoms with van der Waals surface area (Å²) in [5.41, 5.74) is 1.12. The van der Waals surface area contributed by atoms with Crippen LogP contribution in [0.3, 0.4) is 0 Å². The van der Waals surface area contributed by atoms with Gasteiger partial charge in [0.2, 0.25) is 5.91 Å². The molecule has 0 saturated carbocycles. The van der Waals surface area contributed by atoms with Crippen molar-refractivity contribution in [2.75, 3.05) is 6.54 Å². The number of carbonyl (C=O) groups excluding carboxylic acids is 1. The maximum Gasteiger partial charge on any atom is 0.250 e. The summed E-state index contributed by atoms with van der Waals surface area (Å²) in [6, 6.07) is 15.5. The summed E-state index contributed by atoms with van der Waals surface area (Å²) >= 11 is 0. The second kappa shape index (κ2) is 6.60. The zero-order valence-electron chi connectivity index (χ0n) is 12.5. The lowest BCUT2D eigenvalue weighted by atomic mass is 10.0. The van der Waals surface area contributed by atoms with Crippen LogP contribution in [0.1, 0.15) is 18.4 Å². The minimum absolute atomic E-state index is 0.0340. The minimum atomic E-state index is -0.130. The topological polar surface area (TPSA) is 42.3 Å². The van der Waals surface area contributed by atoms with Crippen molar-refractivity contribution in [1.82, 2.24) is 9.47 Å². The first-order valence-corrected chi connectivity index (χ1v) is 7.73. The van der Waals surface area contributed by atoms with Gasteiger partial charge in [-0.2, -0.15) is 0 Å². The van der Waals surface area contributed by atoms with Crippen LogP contribution in [0.15, 0.2) is 59.5 Å². The van der Waals surface area contributed by atoms with Crippen LogP contribution >= 0.6 is 0 Å². The summed E-state index contributed by atoms with van der Waals surface area (Å²) < 4.78 is 1.47. The monoisotopic (exact) mass is 296 g/mol. The van der Waals surface area contributed by atoms with E-state index in [0.717, 1.165) is 25.8 Å². The van der Waals surface area contributed by atoms with Gasteiger partial charge < -0.3 is 9.47 Å². The van der Waals surface area contributed by atoms with Gasteiger partial charge in [-0.3, -0.25) is 9.59 Å². The third-order valence-corrected chi connectivity index (χ3v) is 4.22. The molecule has 0 aliphatic carbocycles. The van der Waals surface area contributed by atoms with Gasteiger partial charge in [-0.15, -0.1) is 0 Å². The molecule has 1 aromatic carbocycles. The highest BCUT2D eigenvalue weighted by molar-refractivity contribution is 5.76. The second-order valence-electron chi connectivity index (χ2n) is 5.74. The lowest BCUT2D eigenvalue weighted by Crippen LogP contribution is -2.40. The van der Waals surface area contributed by atoms with Crippen molar-refractivity contribution >= 4 is 5.91 Å². The van der Waals surface area contributed by atoms with Gasteiger partial charge >= 0.3 is 0 Å². The predicted molar refractivity (Wildman–Crippen MR) is 85.6 cm³/mol. The van der Waals surface area contributed by atoms with E-state index in [2.05, 4.69) is 12.1 Å². The molecule has 1 aromatic heterocycles. The zero-order chi connectivity index (χ0) is 15.4. The molecule has 1 fully saturated rings. The molecule has 4 nitrogen and oxygen atoms in total. The van der Waals surface area contributed by atoms with E-state index in [4.69, 9.17) is 0 Å². The van der Waals surface area contributed by atoms with E-state index < -0.39 is 0 Å². The molecule has 1 amide bonds. The van der Waals surface area contributed by atoms with E-state index in [0.29, 0.717) is 0 Å². The summed E-state index contributed by atoms with van der Waals surface area (Å²) in [6.45, 7) is 0.920. The van der Waals surface area contributed by atoms with E-state index in [-0.39, 0.29) is 24.1 Å². The smallest absolute Gasteiger partial charge is 0.250 e. The van der Waals surface area contributed by atoms with Crippen molar-refractivity contribution < 1.29 is 4.79 Å². The number of carbonyl (C=O) groups is 1. The average molecular weight is 296 g/mol. The number of pyridine rings is 1. The van der Waals surface area contributed by atoms with Crippen LogP contribution in [0.2, 0.25) is 0 Å². The molecule has 3 rings (SSSR count). The molecule has 1 atom stereocenters. The summed E-state index contributed by atoms with van der Waals surface area (Å²) in [5.74, 6) is 0.0340. The Morgan fingerprint density at radius 3 is 2.64 bits per heavy atom. The Labute approximate surface area is 130 Å². The van der Waals surface area contributed by atoms with Crippen LogP contribution in [0.4, 0.5) is 0 Å². The van der Waals surface area contributed by atoms with Crippen molar-refractivity contribution in [3.05, 3.63) is 70.6 Å². The fraction of sp³-hybridized carbons (Fsp3) is 0.333. The molecule has 0 spiro atoms. The Kier molecular flexibility index (Phi) is 4.37. The third kappa shape index (κ3) is 3.27. The number of amides is 1. The van der Waals surface area contributed by atoms with E-state index in [1.54, 1.807) is 18.3 Å². The van der Waals surface area contributed by atoms with Crippen LogP contribution in [-0.2, 0) is 17.8 Å². The van der Waals surface area contributed by atoms with E-state index >= 15 is 0 Å². The SMILES string of the molecule is O=C(Cn1ccccc1=O)N1CCC[C@@H]1Cc1ccccc1. The molecule has 2 heterocycles. The van der Waals surface area contributed by atoms with Gasteiger partial charge in [0.1, 0.15) is 6.54 Å². The van der Waals surface area contributed by atoms with Crippen LogP contribution in [0, 0.1) is 0 Å². The molecule has 1 saturated heterocycles. The summed E-state index contributed by atoms with van der Waals surface area (Å²) in [6.07, 6.45) is 4.62. The van der Waals surface area contributed by atoms with E-state index in [1.807, 2.05) is 23.1 Å². The highest BCUT2D eigenvalue weighted by Gasteiger charge is 2.28. The number of nitrogens with zero attached hydrogens (tertiary/aromatic N) is 2. The lowest BCUT2D eigenvalue weighted by molar-refractivity contribution is -0.132. The van der Waals surface area contributed by atoms with Crippen LogP contribution in [0.25, 0.3) is 0 Å². The van der Waals surface area contributed by atoms with Gasteiger partial charge in [0.05, 0.1) is 0 Å². The van der Waals surface area contributed by atoms with Crippen molar-refractivity contribution in [3.8, 4) is 0 Å². The molecule has 0 bridgehead atoms. The zero-order valence-corrected chi connectivity index (χ0v) is 12.5. The first-order valence-electron chi connectivity index (χ1n) is 7.73. The highest BCUT2D eigenvalue weighted by Crippen LogP contribution is 2.21. The fourth-order valence-electron chi connectivity index (χ4n) is 3.09. The second-order valence-corrected chi connectivity index (χ2v) is 5.74. The number of rotatable bonds is 4. The number of hydrogen-bond donors (Lipinski definition) is 0. The first-order chi connectivity index (χ1) is 10.7. The standard InChI is InChI=1S/C18H20N2O2/c21-17-10-4-5-11-19(17)14-18(22)20-12-6-9-16(20)13-15-7-2-1-3-8-15/h1-5,7-8,10-11,16H,6,9,12-14H2/t16-/m1/s1. The molecule has 0 unspecified atom stereocenters. The number of likely N-dealkylation sites (tertiary alicyclic amines) is 1. The molecule has 22 heavy (non-hydrogen) atoms. The molecule has 114 valence electrons. The molecule has 0 radical (unpaired) electrons. The van der Waals surface area contributed by atoms with Crippen molar-refractivity contribution in [2.24, 2.45) is 0 Å². The van der Waals surface area contributed by atoms with Crippen LogP contribution < -0.4 is 5.56 Å². The minimum Gasteiger partial charge on any atom is -0.338 e. The van der Waals surface area contributed by atoms with Gasteiger partial charge in [0.15, 0.2) is 0 Å². The molecule has 2 aromatic rings. The van der Waals surface area contributed by atoms with Gasteiger partial charge in [-0.1, -0.05) is 36.4 Å². The van der Waals surface area contributed by atoms with E-state index in [9.17, 15) is 9.59 Å². The van der Waals surface area contributed by atoms with Gasteiger partial charge in [-0.25, -0.2) is 0 Å². The average Bonchev–Trinajstić information content (AvgIpc) is 2.99. The third-order valence-electron chi connectivity index (χ3n) is 4.22. The van der Waals surface area contributed by atoms with Gasteiger partial charge in [-0.05, 0) is 30.9 Å². The highest BCUT2D eigenvalue weighted by atomic mass is 16.2. The predicted octanol–water partition coefficient (Wildman–Crippen LogP) is 2.08. The fourth-order valence-corrected chi connectivity index (χ4v) is 3.09. The Morgan fingerprint density at radius 2 is 1.86 bits per heavy atom. The number of aromatic nitrogens is 1. The quantitative estimate of drug-likeness (QED) is 0.867. The summed E-state index contributed by atoms with van der Waals surface area (Å²) in [5, 5.41) is 0. The Morgan fingerprint density at radius 1 is 1.09 bits per heavy atom. The molecular weight excluding hydrogens is 276 g/mol. The van der Waals surface area contributed by atoms with Gasteiger partial charge in [0.25, 0.3) is 5.56 Å². The van der Waals surface area contributed by atoms with Crippen molar-refractivity contribution in [1.29, 1.82) is 0 Å². The number of benzene rings is 1. The van der Waals surface area contributed by atoms with Crippen molar-refractivity contribution in [2.45, 2.75) is 31.8 Å². The molecule has 1 aliphatic heterocycles. The molecule has 1 aliphatic rings. The summed E-state index contributed by atoms with van der Waals surface area (Å²) in [4.78, 5) is 26.2. The first kappa shape index (κ1) is 14.6. The normalized spacial score (nSPS) is 17.6. The maximum atomic E-state index is 12.5. The molecular formula is C18H20N2O2. The van der Waals surface area contributed by atoms with Crippen molar-refractivity contribution in [3.63, 3.8) is 0 Å². The van der Waals surface area contributed by atoms with Crippen LogP contribution in [-0.4, -0.2) is 28.0 Å². The number of hydrogen-bond acceptors (Lipinski definition) is 2. The molecule has 0 N–H and O–H groups in total. The summed E-state index contributed by atoms with van der Waals surface area (Å²) in [7, 11) is 0.